The summed E-state index contributed by atoms with van der Waals surface area (Å²) in [7, 11) is 2.06. The van der Waals surface area contributed by atoms with E-state index < -0.39 is 23.8 Å². The van der Waals surface area contributed by atoms with Gasteiger partial charge in [-0.25, -0.2) is 4.79 Å². The zero-order valence-electron chi connectivity index (χ0n) is 27.5. The third-order valence-electron chi connectivity index (χ3n) is 8.66. The van der Waals surface area contributed by atoms with Crippen LogP contribution in [0.4, 0.5) is 29.3 Å². The van der Waals surface area contributed by atoms with Crippen LogP contribution in [-0.4, -0.2) is 58.8 Å². The molecule has 5 rings (SSSR count). The molecule has 0 spiro atoms. The van der Waals surface area contributed by atoms with Crippen molar-refractivity contribution in [3.8, 4) is 17.7 Å². The smallest absolute Gasteiger partial charge is 0.416 e. The zero-order chi connectivity index (χ0) is 35.1. The summed E-state index contributed by atoms with van der Waals surface area (Å²) in [5.41, 5.74) is 1.06. The highest BCUT2D eigenvalue weighted by molar-refractivity contribution is 9.10. The van der Waals surface area contributed by atoms with Crippen LogP contribution in [0.25, 0.3) is 0 Å². The first kappa shape index (κ1) is 35.8. The maximum atomic E-state index is 14.4. The Balaban J connectivity index is 1.32. The fourth-order valence-corrected chi connectivity index (χ4v) is 6.38. The van der Waals surface area contributed by atoms with Crippen LogP contribution in [0.3, 0.4) is 0 Å². The number of carbonyl (C=O) groups excluding carboxylic acids is 1. The van der Waals surface area contributed by atoms with Crippen LogP contribution >= 0.6 is 15.9 Å². The number of aromatic hydroxyl groups is 1. The topological polar surface area (TPSA) is 85.0 Å². The standard InChI is InChI=1S/C37H39BrF3N5O3/c1-3-44-25-32-33(35(44)47)34(27-13-11-26(24-42)12-14-27)45(36(48)46(32)30-10-7-9-28(23-30)37(39,40)41)21-6-4-5-19-43(2)20-8-22-49-31-17-15-29(38)16-18-31/h7,9-18,23,25,34,47H,3-6,8,19-22H2,1-2H3/t34-/m1/s1. The molecule has 0 saturated heterocycles. The number of unbranched alkanes of at least 4 members (excludes halogenated alkanes) is 2. The largest absolute Gasteiger partial charge is 0.494 e. The summed E-state index contributed by atoms with van der Waals surface area (Å²) >= 11 is 3.42. The molecular formula is C37H39BrF3N5O3. The number of nitriles is 1. The summed E-state index contributed by atoms with van der Waals surface area (Å²) in [6.45, 7) is 4.85. The molecule has 258 valence electrons. The van der Waals surface area contributed by atoms with Crippen LogP contribution in [0.1, 0.15) is 60.9 Å². The molecule has 0 aliphatic carbocycles. The average Bonchev–Trinajstić information content (AvgIpc) is 3.42. The number of alkyl halides is 3. The molecule has 0 unspecified atom stereocenters. The molecule has 2 amide bonds. The Hall–Kier alpha value is -4.47. The highest BCUT2D eigenvalue weighted by Crippen LogP contribution is 2.49. The number of aromatic nitrogens is 1. The fraction of sp³-hybridized carbons (Fsp3) is 0.351. The normalized spacial score (nSPS) is 14.7. The van der Waals surface area contributed by atoms with Crippen molar-refractivity contribution in [2.45, 2.75) is 51.4 Å². The van der Waals surface area contributed by atoms with Crippen LogP contribution in [-0.2, 0) is 12.7 Å². The molecule has 8 nitrogen and oxygen atoms in total. The van der Waals surface area contributed by atoms with Crippen LogP contribution in [0.5, 0.6) is 11.6 Å². The second-order valence-electron chi connectivity index (χ2n) is 12.1. The molecule has 1 aliphatic heterocycles. The molecule has 3 aromatic carbocycles. The molecule has 0 fully saturated rings. The van der Waals surface area contributed by atoms with E-state index >= 15 is 0 Å². The van der Waals surface area contributed by atoms with Gasteiger partial charge >= 0.3 is 12.2 Å². The minimum Gasteiger partial charge on any atom is -0.494 e. The first-order valence-corrected chi connectivity index (χ1v) is 17.1. The Morgan fingerprint density at radius 1 is 1.00 bits per heavy atom. The zero-order valence-corrected chi connectivity index (χ0v) is 29.0. The first-order chi connectivity index (χ1) is 23.5. The Kier molecular flexibility index (Phi) is 11.6. The van der Waals surface area contributed by atoms with Crippen LogP contribution in [0, 0.1) is 11.3 Å². The van der Waals surface area contributed by atoms with E-state index in [0.717, 1.165) is 54.7 Å². The van der Waals surface area contributed by atoms with E-state index in [1.165, 1.54) is 17.0 Å². The maximum Gasteiger partial charge on any atom is 0.416 e. The molecule has 0 bridgehead atoms. The number of anilines is 2. The highest BCUT2D eigenvalue weighted by Gasteiger charge is 2.43. The molecule has 1 aliphatic rings. The molecule has 49 heavy (non-hydrogen) atoms. The number of benzene rings is 3. The van der Waals surface area contributed by atoms with E-state index in [-0.39, 0.29) is 11.6 Å². The number of hydrogen-bond donors (Lipinski definition) is 1. The lowest BCUT2D eigenvalue weighted by atomic mass is 9.94. The summed E-state index contributed by atoms with van der Waals surface area (Å²) in [5.74, 6) is 0.767. The molecule has 2 heterocycles. The lowest BCUT2D eigenvalue weighted by Gasteiger charge is -2.41. The van der Waals surface area contributed by atoms with Crippen molar-refractivity contribution < 1.29 is 27.8 Å². The van der Waals surface area contributed by atoms with Gasteiger partial charge in [-0.05, 0) is 99.9 Å². The minimum absolute atomic E-state index is 0.0587. The average molecular weight is 739 g/mol. The lowest BCUT2D eigenvalue weighted by molar-refractivity contribution is -0.137. The van der Waals surface area contributed by atoms with Crippen molar-refractivity contribution in [2.24, 2.45) is 0 Å². The monoisotopic (exact) mass is 737 g/mol. The third kappa shape index (κ3) is 8.40. The van der Waals surface area contributed by atoms with Gasteiger partial charge in [-0.3, -0.25) is 4.90 Å². The number of carbonyl (C=O) groups is 1. The minimum atomic E-state index is -4.60. The summed E-state index contributed by atoms with van der Waals surface area (Å²) < 4.78 is 49.6. The number of rotatable bonds is 14. The van der Waals surface area contributed by atoms with E-state index in [4.69, 9.17) is 4.74 Å². The van der Waals surface area contributed by atoms with Crippen LogP contribution in [0.2, 0.25) is 0 Å². The quantitative estimate of drug-likeness (QED) is 0.131. The van der Waals surface area contributed by atoms with Crippen molar-refractivity contribution in [1.82, 2.24) is 14.4 Å². The SMILES string of the molecule is CCn1cc2c(c1O)[C@@H](c1ccc(C#N)cc1)N(CCCCCN(C)CCCOc1ccc(Br)cc1)C(=O)N2c1cccc(C(F)(F)F)c1. The third-order valence-corrected chi connectivity index (χ3v) is 9.19. The van der Waals surface area contributed by atoms with Crippen LogP contribution in [0.15, 0.2) is 83.5 Å². The van der Waals surface area contributed by atoms with Crippen molar-refractivity contribution in [1.29, 1.82) is 5.26 Å². The predicted octanol–water partition coefficient (Wildman–Crippen LogP) is 9.10. The number of halogens is 4. The Labute approximate surface area is 293 Å². The molecular weight excluding hydrogens is 699 g/mol. The van der Waals surface area contributed by atoms with Gasteiger partial charge in [0.2, 0.25) is 0 Å². The summed E-state index contributed by atoms with van der Waals surface area (Å²) in [6.07, 6.45) is 0.210. The van der Waals surface area contributed by atoms with Crippen molar-refractivity contribution in [2.75, 3.05) is 38.2 Å². The van der Waals surface area contributed by atoms with Crippen molar-refractivity contribution >= 4 is 33.3 Å². The summed E-state index contributed by atoms with van der Waals surface area (Å²) in [5, 5.41) is 20.8. The molecule has 12 heteroatoms. The van der Waals surface area contributed by atoms with E-state index in [1.54, 1.807) is 39.9 Å². The van der Waals surface area contributed by atoms with Crippen molar-refractivity contribution in [3.63, 3.8) is 0 Å². The first-order valence-electron chi connectivity index (χ1n) is 16.3. The number of fused-ring (bicyclic) bond motifs is 1. The predicted molar refractivity (Wildman–Crippen MR) is 186 cm³/mol. The Bertz CT molecular complexity index is 1770. The number of hydrogen-bond acceptors (Lipinski definition) is 5. The molecule has 0 saturated carbocycles. The summed E-state index contributed by atoms with van der Waals surface area (Å²) in [6, 6.07) is 20.1. The van der Waals surface area contributed by atoms with Gasteiger partial charge in [-0.1, -0.05) is 40.5 Å². The van der Waals surface area contributed by atoms with Gasteiger partial charge in [0.1, 0.15) is 5.75 Å². The number of urea groups is 1. The van der Waals surface area contributed by atoms with E-state index in [1.807, 2.05) is 31.2 Å². The molecule has 4 aromatic rings. The Morgan fingerprint density at radius 3 is 2.39 bits per heavy atom. The van der Waals surface area contributed by atoms with E-state index in [9.17, 15) is 28.3 Å². The number of amides is 2. The highest BCUT2D eigenvalue weighted by atomic mass is 79.9. The van der Waals surface area contributed by atoms with Gasteiger partial charge in [0.05, 0.1) is 46.8 Å². The molecule has 0 radical (unpaired) electrons. The van der Waals surface area contributed by atoms with E-state index in [2.05, 4.69) is 33.9 Å². The van der Waals surface area contributed by atoms with Gasteiger partial charge in [-0.15, -0.1) is 0 Å². The van der Waals surface area contributed by atoms with Gasteiger partial charge in [-0.2, -0.15) is 18.4 Å². The van der Waals surface area contributed by atoms with Gasteiger partial charge < -0.3 is 24.2 Å². The number of ether oxygens (including phenoxy) is 1. The van der Waals surface area contributed by atoms with Crippen LogP contribution < -0.4 is 9.64 Å². The van der Waals surface area contributed by atoms with Gasteiger partial charge in [0.15, 0.2) is 5.88 Å². The molecule has 1 aromatic heterocycles. The lowest BCUT2D eigenvalue weighted by Crippen LogP contribution is -2.47. The molecule has 1 N–H and O–H groups in total. The summed E-state index contributed by atoms with van der Waals surface area (Å²) in [4.78, 5) is 19.5. The number of nitrogens with zero attached hydrogens (tertiary/aromatic N) is 5. The maximum absolute atomic E-state index is 14.4. The van der Waals surface area contributed by atoms with Gasteiger partial charge in [0, 0.05) is 30.3 Å². The second kappa shape index (κ2) is 15.8. The molecule has 1 atom stereocenters. The second-order valence-corrected chi connectivity index (χ2v) is 13.0. The number of aryl methyl sites for hydroxylation is 1. The van der Waals surface area contributed by atoms with Crippen molar-refractivity contribution in [3.05, 3.63) is 106 Å². The Morgan fingerprint density at radius 2 is 1.71 bits per heavy atom. The van der Waals surface area contributed by atoms with Gasteiger partial charge in [0.25, 0.3) is 0 Å². The fourth-order valence-electron chi connectivity index (χ4n) is 6.12. The van der Waals surface area contributed by atoms with E-state index in [0.29, 0.717) is 48.5 Å².